The molecular weight excluding hydrogens is 282 g/mol. The number of oxazole rings is 1. The van der Waals surface area contributed by atoms with Gasteiger partial charge in [0.25, 0.3) is 5.91 Å². The van der Waals surface area contributed by atoms with Gasteiger partial charge in [0.1, 0.15) is 5.76 Å². The molecule has 1 aliphatic carbocycles. The average molecular weight is 303 g/mol. The molecule has 0 bridgehead atoms. The summed E-state index contributed by atoms with van der Waals surface area (Å²) in [4.78, 5) is 16.8. The Kier molecular flexibility index (Phi) is 3.52. The molecule has 0 saturated heterocycles. The van der Waals surface area contributed by atoms with Crippen LogP contribution in [0.25, 0.3) is 11.5 Å². The molecule has 1 unspecified atom stereocenters. The molecule has 7 heteroatoms. The average Bonchev–Trinajstić information content (AvgIpc) is 3.15. The summed E-state index contributed by atoms with van der Waals surface area (Å²) in [5.41, 5.74) is 6.51. The van der Waals surface area contributed by atoms with Crippen LogP contribution >= 0.6 is 0 Å². The molecule has 2 aromatic rings. The van der Waals surface area contributed by atoms with E-state index in [9.17, 15) is 4.79 Å². The zero-order chi connectivity index (χ0) is 15.9. The zero-order valence-electron chi connectivity index (χ0n) is 13.1. The molecule has 2 heterocycles. The quantitative estimate of drug-likeness (QED) is 0.866. The van der Waals surface area contributed by atoms with Crippen LogP contribution in [0.1, 0.15) is 36.0 Å². The van der Waals surface area contributed by atoms with Crippen molar-refractivity contribution in [1.82, 2.24) is 20.1 Å². The van der Waals surface area contributed by atoms with Gasteiger partial charge in [0.2, 0.25) is 5.89 Å². The summed E-state index contributed by atoms with van der Waals surface area (Å²) in [6.07, 6.45) is 5.65. The molecule has 0 aromatic carbocycles. The second-order valence-corrected chi connectivity index (χ2v) is 6.18. The van der Waals surface area contributed by atoms with E-state index in [0.29, 0.717) is 29.8 Å². The lowest BCUT2D eigenvalue weighted by Gasteiger charge is -2.29. The Labute approximate surface area is 128 Å². The number of amides is 1. The van der Waals surface area contributed by atoms with Crippen LogP contribution in [-0.4, -0.2) is 32.8 Å². The normalized spacial score (nSPS) is 17.3. The Morgan fingerprint density at radius 3 is 2.86 bits per heavy atom. The summed E-state index contributed by atoms with van der Waals surface area (Å²) < 4.78 is 7.26. The lowest BCUT2D eigenvalue weighted by atomic mass is 9.96. The van der Waals surface area contributed by atoms with E-state index in [1.807, 2.05) is 14.0 Å². The summed E-state index contributed by atoms with van der Waals surface area (Å²) in [6.45, 7) is 4.13. The first-order valence-electron chi connectivity index (χ1n) is 7.42. The van der Waals surface area contributed by atoms with E-state index >= 15 is 0 Å². The maximum absolute atomic E-state index is 12.5. The predicted molar refractivity (Wildman–Crippen MR) is 81.1 cm³/mol. The van der Waals surface area contributed by atoms with Crippen LogP contribution in [0.15, 0.2) is 16.8 Å². The van der Waals surface area contributed by atoms with Gasteiger partial charge in [-0.1, -0.05) is 0 Å². The Balaban J connectivity index is 1.82. The molecule has 2 aromatic heterocycles. The minimum absolute atomic E-state index is 0.240. The van der Waals surface area contributed by atoms with Crippen molar-refractivity contribution in [3.63, 3.8) is 0 Å². The van der Waals surface area contributed by atoms with Gasteiger partial charge < -0.3 is 15.5 Å². The van der Waals surface area contributed by atoms with Gasteiger partial charge in [0.05, 0.1) is 17.3 Å². The van der Waals surface area contributed by atoms with Gasteiger partial charge in [-0.05, 0) is 32.6 Å². The number of nitrogens with two attached hydrogens (primary N) is 1. The summed E-state index contributed by atoms with van der Waals surface area (Å²) in [6, 6.07) is 0. The van der Waals surface area contributed by atoms with Gasteiger partial charge in [-0.25, -0.2) is 4.98 Å². The van der Waals surface area contributed by atoms with Crippen molar-refractivity contribution in [2.45, 2.75) is 32.2 Å². The summed E-state index contributed by atoms with van der Waals surface area (Å²) >= 11 is 0. The molecule has 0 aliphatic heterocycles. The largest absolute Gasteiger partial charge is 0.440 e. The van der Waals surface area contributed by atoms with Crippen LogP contribution in [0.5, 0.6) is 0 Å². The topological polar surface area (TPSA) is 99.0 Å². The number of aryl methyl sites for hydroxylation is 2. The molecule has 1 amide bonds. The van der Waals surface area contributed by atoms with Crippen molar-refractivity contribution < 1.29 is 9.21 Å². The molecule has 0 radical (unpaired) electrons. The third-order valence-corrected chi connectivity index (χ3v) is 4.27. The van der Waals surface area contributed by atoms with Crippen LogP contribution in [0.3, 0.4) is 0 Å². The first-order chi connectivity index (χ1) is 10.4. The van der Waals surface area contributed by atoms with Crippen LogP contribution in [0, 0.1) is 12.8 Å². The summed E-state index contributed by atoms with van der Waals surface area (Å²) in [5.74, 6) is 1.10. The highest BCUT2D eigenvalue weighted by atomic mass is 16.4. The molecule has 1 atom stereocenters. The van der Waals surface area contributed by atoms with Crippen molar-refractivity contribution in [3.05, 3.63) is 23.8 Å². The number of carbonyl (C=O) groups excluding carboxylic acids is 1. The molecule has 1 fully saturated rings. The number of nitrogens with zero attached hydrogens (tertiary/aromatic N) is 3. The predicted octanol–water partition coefficient (Wildman–Crippen LogP) is 1.24. The monoisotopic (exact) mass is 303 g/mol. The fourth-order valence-corrected chi connectivity index (χ4v) is 2.62. The van der Waals surface area contributed by atoms with Gasteiger partial charge in [0, 0.05) is 19.8 Å². The Bertz CT molecular complexity index is 701. The van der Waals surface area contributed by atoms with Crippen LogP contribution in [-0.2, 0) is 7.05 Å². The van der Waals surface area contributed by atoms with E-state index in [0.717, 1.165) is 18.4 Å². The molecule has 7 nitrogen and oxygen atoms in total. The Morgan fingerprint density at radius 2 is 2.32 bits per heavy atom. The van der Waals surface area contributed by atoms with Crippen molar-refractivity contribution in [1.29, 1.82) is 0 Å². The van der Waals surface area contributed by atoms with Crippen LogP contribution < -0.4 is 11.1 Å². The highest BCUT2D eigenvalue weighted by molar-refractivity contribution is 5.94. The summed E-state index contributed by atoms with van der Waals surface area (Å²) in [5, 5.41) is 7.11. The van der Waals surface area contributed by atoms with E-state index in [1.165, 1.54) is 0 Å². The highest BCUT2D eigenvalue weighted by Crippen LogP contribution is 2.39. The number of hydrogen-bond donors (Lipinski definition) is 2. The fourth-order valence-electron chi connectivity index (χ4n) is 2.62. The first kappa shape index (κ1) is 14.8. The fraction of sp³-hybridized carbons (Fsp3) is 0.533. The van der Waals surface area contributed by atoms with Gasteiger partial charge >= 0.3 is 0 Å². The number of nitrogens with one attached hydrogen (secondary N) is 1. The van der Waals surface area contributed by atoms with Crippen molar-refractivity contribution in [3.8, 4) is 11.5 Å². The minimum Gasteiger partial charge on any atom is -0.440 e. The van der Waals surface area contributed by atoms with Crippen molar-refractivity contribution in [2.75, 3.05) is 6.54 Å². The lowest BCUT2D eigenvalue weighted by Crippen LogP contribution is -2.53. The minimum atomic E-state index is -0.378. The Hall–Kier alpha value is -2.15. The second kappa shape index (κ2) is 5.24. The number of hydrogen-bond acceptors (Lipinski definition) is 5. The molecule has 22 heavy (non-hydrogen) atoms. The van der Waals surface area contributed by atoms with Gasteiger partial charge in [0.15, 0.2) is 5.69 Å². The second-order valence-electron chi connectivity index (χ2n) is 6.18. The van der Waals surface area contributed by atoms with Crippen LogP contribution in [0.4, 0.5) is 0 Å². The number of aromatic nitrogens is 3. The molecule has 3 rings (SSSR count). The molecule has 1 aliphatic rings. The molecule has 118 valence electrons. The number of rotatable bonds is 5. The number of carbonyl (C=O) groups is 1. The molecule has 1 saturated carbocycles. The molecule has 3 N–H and O–H groups in total. The van der Waals surface area contributed by atoms with Gasteiger partial charge in [-0.15, -0.1) is 0 Å². The van der Waals surface area contributed by atoms with E-state index in [-0.39, 0.29) is 11.4 Å². The third kappa shape index (κ3) is 2.64. The third-order valence-electron chi connectivity index (χ3n) is 4.27. The van der Waals surface area contributed by atoms with E-state index in [4.69, 9.17) is 10.2 Å². The van der Waals surface area contributed by atoms with Gasteiger partial charge in [-0.3, -0.25) is 9.48 Å². The summed E-state index contributed by atoms with van der Waals surface area (Å²) in [7, 11) is 1.81. The smallest absolute Gasteiger partial charge is 0.274 e. The van der Waals surface area contributed by atoms with Crippen molar-refractivity contribution in [2.24, 2.45) is 18.7 Å². The van der Waals surface area contributed by atoms with E-state index in [2.05, 4.69) is 15.4 Å². The lowest BCUT2D eigenvalue weighted by molar-refractivity contribution is 0.0891. The van der Waals surface area contributed by atoms with Gasteiger partial charge in [-0.2, -0.15) is 5.10 Å². The Morgan fingerprint density at radius 1 is 1.59 bits per heavy atom. The maximum atomic E-state index is 12.5. The highest BCUT2D eigenvalue weighted by Gasteiger charge is 2.42. The van der Waals surface area contributed by atoms with Crippen molar-refractivity contribution >= 4 is 5.91 Å². The zero-order valence-corrected chi connectivity index (χ0v) is 13.1. The SMILES string of the molecule is Cc1oc(-c2cnn(C)c2)nc1C(=O)NC(C)(CN)C1CC1. The van der Waals surface area contributed by atoms with Crippen LogP contribution in [0.2, 0.25) is 0 Å². The maximum Gasteiger partial charge on any atom is 0.274 e. The standard InChI is InChI=1S/C15H21N5O2/c1-9-12(13(21)19-15(2,8-16)11-4-5-11)18-14(22-9)10-6-17-20(3)7-10/h6-7,11H,4-5,8,16H2,1-3H3,(H,19,21). The first-order valence-corrected chi connectivity index (χ1v) is 7.42. The van der Waals surface area contributed by atoms with E-state index in [1.54, 1.807) is 24.0 Å². The molecular formula is C15H21N5O2. The molecule has 0 spiro atoms. The van der Waals surface area contributed by atoms with E-state index < -0.39 is 0 Å².